The summed E-state index contributed by atoms with van der Waals surface area (Å²) in [6, 6.07) is 17.8. The highest BCUT2D eigenvalue weighted by atomic mass is 35.5. The number of hydrogen-bond acceptors (Lipinski definition) is 5. The molecule has 1 saturated heterocycles. The van der Waals surface area contributed by atoms with Crippen LogP contribution >= 0.6 is 58.8 Å². The highest BCUT2D eigenvalue weighted by Crippen LogP contribution is 2.40. The smallest absolute Gasteiger partial charge is 0.270 e. The molecule has 0 unspecified atom stereocenters. The molecule has 0 N–H and O–H groups in total. The van der Waals surface area contributed by atoms with E-state index in [4.69, 9.17) is 56.5 Å². The molecular weight excluding hydrogens is 533 g/mol. The van der Waals surface area contributed by atoms with Gasteiger partial charge in [0, 0.05) is 10.0 Å². The zero-order valence-corrected chi connectivity index (χ0v) is 21.8. The first kappa shape index (κ1) is 24.9. The van der Waals surface area contributed by atoms with Crippen molar-refractivity contribution in [3.63, 3.8) is 0 Å². The fourth-order valence-corrected chi connectivity index (χ4v) is 5.07. The number of anilines is 1. The van der Waals surface area contributed by atoms with Crippen molar-refractivity contribution >= 4 is 80.8 Å². The Morgan fingerprint density at radius 2 is 1.62 bits per heavy atom. The van der Waals surface area contributed by atoms with Crippen LogP contribution in [0.5, 0.6) is 11.5 Å². The first-order chi connectivity index (χ1) is 16.4. The van der Waals surface area contributed by atoms with Gasteiger partial charge in [0.05, 0.1) is 22.2 Å². The number of carbonyl (C=O) groups excluding carboxylic acids is 1. The third-order valence-electron chi connectivity index (χ3n) is 4.80. The molecule has 9 heteroatoms. The molecule has 0 saturated carbocycles. The van der Waals surface area contributed by atoms with Crippen LogP contribution in [-0.4, -0.2) is 16.8 Å². The molecule has 1 amide bonds. The molecule has 1 aliphatic heterocycles. The highest BCUT2D eigenvalue weighted by Gasteiger charge is 2.33. The lowest BCUT2D eigenvalue weighted by molar-refractivity contribution is -0.113. The van der Waals surface area contributed by atoms with E-state index in [0.717, 1.165) is 5.56 Å². The average molecular weight is 551 g/mol. The predicted molar refractivity (Wildman–Crippen MR) is 146 cm³/mol. The van der Waals surface area contributed by atoms with Gasteiger partial charge in [-0.05, 0) is 72.7 Å². The van der Waals surface area contributed by atoms with Gasteiger partial charge in [0.15, 0.2) is 15.8 Å². The Morgan fingerprint density at radius 3 is 2.26 bits per heavy atom. The van der Waals surface area contributed by atoms with Crippen molar-refractivity contribution in [1.29, 1.82) is 0 Å². The van der Waals surface area contributed by atoms with Crippen molar-refractivity contribution in [2.24, 2.45) is 0 Å². The predicted octanol–water partition coefficient (Wildman–Crippen LogP) is 8.03. The third kappa shape index (κ3) is 5.70. The lowest BCUT2D eigenvalue weighted by atomic mass is 10.1. The van der Waals surface area contributed by atoms with E-state index >= 15 is 0 Å². The summed E-state index contributed by atoms with van der Waals surface area (Å²) in [6.07, 6.45) is 1.74. The summed E-state index contributed by atoms with van der Waals surface area (Å²) in [7, 11) is 0. The Hall–Kier alpha value is -2.22. The first-order valence-electron chi connectivity index (χ1n) is 10.2. The standard InChI is InChI=1S/C25H18Cl3NO3S2/c1-2-31-21-12-16(11-20(28)23(21)32-14-15-3-5-17(26)6-4-15)13-22-24(30)29(25(33)34-22)19-9-7-18(27)8-10-19/h3-13H,2,14H2,1H3/b22-13-. The van der Waals surface area contributed by atoms with Crippen molar-refractivity contribution in [2.45, 2.75) is 13.5 Å². The van der Waals surface area contributed by atoms with E-state index in [1.165, 1.54) is 16.7 Å². The molecular formula is C25H18Cl3NO3S2. The van der Waals surface area contributed by atoms with Crippen LogP contribution in [0, 0.1) is 0 Å². The van der Waals surface area contributed by atoms with E-state index in [0.29, 0.717) is 60.3 Å². The number of hydrogen-bond donors (Lipinski definition) is 0. The van der Waals surface area contributed by atoms with Crippen LogP contribution in [-0.2, 0) is 11.4 Å². The van der Waals surface area contributed by atoms with Gasteiger partial charge in [-0.15, -0.1) is 0 Å². The van der Waals surface area contributed by atoms with E-state index in [2.05, 4.69) is 0 Å². The molecule has 1 fully saturated rings. The number of halogens is 3. The SMILES string of the molecule is CCOc1cc(/C=C2\SC(=S)N(c3ccc(Cl)cc3)C2=O)cc(Cl)c1OCc1ccc(Cl)cc1. The van der Waals surface area contributed by atoms with E-state index in [1.54, 1.807) is 54.6 Å². The van der Waals surface area contributed by atoms with Crippen molar-refractivity contribution < 1.29 is 14.3 Å². The van der Waals surface area contributed by atoms with Gasteiger partial charge in [-0.2, -0.15) is 0 Å². The summed E-state index contributed by atoms with van der Waals surface area (Å²) in [6.45, 7) is 2.60. The maximum Gasteiger partial charge on any atom is 0.270 e. The minimum absolute atomic E-state index is 0.213. The minimum Gasteiger partial charge on any atom is -0.490 e. The van der Waals surface area contributed by atoms with Crippen LogP contribution in [0.3, 0.4) is 0 Å². The fraction of sp³-hybridized carbons (Fsp3) is 0.120. The third-order valence-corrected chi connectivity index (χ3v) is 6.89. The zero-order chi connectivity index (χ0) is 24.2. The van der Waals surface area contributed by atoms with Crippen LogP contribution in [0.15, 0.2) is 65.6 Å². The van der Waals surface area contributed by atoms with Gasteiger partial charge >= 0.3 is 0 Å². The number of carbonyl (C=O) groups is 1. The van der Waals surface area contributed by atoms with Crippen LogP contribution < -0.4 is 14.4 Å². The van der Waals surface area contributed by atoms with E-state index < -0.39 is 0 Å². The zero-order valence-electron chi connectivity index (χ0n) is 17.9. The number of amides is 1. The second-order valence-electron chi connectivity index (χ2n) is 7.17. The molecule has 174 valence electrons. The Kier molecular flexibility index (Phi) is 8.06. The van der Waals surface area contributed by atoms with Crippen molar-refractivity contribution in [2.75, 3.05) is 11.5 Å². The highest BCUT2D eigenvalue weighted by molar-refractivity contribution is 8.27. The maximum absolute atomic E-state index is 13.1. The molecule has 0 radical (unpaired) electrons. The summed E-state index contributed by atoms with van der Waals surface area (Å²) in [5, 5.41) is 1.61. The molecule has 1 aliphatic rings. The first-order valence-corrected chi connectivity index (χ1v) is 12.6. The maximum atomic E-state index is 13.1. The number of ether oxygens (including phenoxy) is 2. The Balaban J connectivity index is 1.59. The molecule has 4 rings (SSSR count). The van der Waals surface area contributed by atoms with Crippen molar-refractivity contribution in [3.8, 4) is 11.5 Å². The topological polar surface area (TPSA) is 38.8 Å². The van der Waals surface area contributed by atoms with E-state index in [1.807, 2.05) is 19.1 Å². The van der Waals surface area contributed by atoms with Crippen molar-refractivity contribution in [3.05, 3.63) is 91.8 Å². The lowest BCUT2D eigenvalue weighted by Gasteiger charge is -2.15. The Labute approximate surface area is 222 Å². The molecule has 0 spiro atoms. The largest absolute Gasteiger partial charge is 0.490 e. The quantitative estimate of drug-likeness (QED) is 0.220. The van der Waals surface area contributed by atoms with Gasteiger partial charge in [-0.25, -0.2) is 0 Å². The molecule has 34 heavy (non-hydrogen) atoms. The Bertz CT molecular complexity index is 1260. The van der Waals surface area contributed by atoms with Crippen LogP contribution in [0.4, 0.5) is 5.69 Å². The minimum atomic E-state index is -0.213. The number of benzene rings is 3. The summed E-state index contributed by atoms with van der Waals surface area (Å²) in [5.41, 5.74) is 2.30. The summed E-state index contributed by atoms with van der Waals surface area (Å²) in [4.78, 5) is 15.0. The van der Waals surface area contributed by atoms with Crippen LogP contribution in [0.2, 0.25) is 15.1 Å². The van der Waals surface area contributed by atoms with Gasteiger partial charge < -0.3 is 9.47 Å². The van der Waals surface area contributed by atoms with Crippen LogP contribution in [0.25, 0.3) is 6.08 Å². The van der Waals surface area contributed by atoms with Gasteiger partial charge in [0.1, 0.15) is 6.61 Å². The van der Waals surface area contributed by atoms with E-state index in [9.17, 15) is 4.79 Å². The van der Waals surface area contributed by atoms with E-state index in [-0.39, 0.29) is 5.91 Å². The molecule has 0 bridgehead atoms. The van der Waals surface area contributed by atoms with Gasteiger partial charge in [-0.1, -0.05) is 70.9 Å². The summed E-state index contributed by atoms with van der Waals surface area (Å²) in [5.74, 6) is 0.710. The molecule has 0 aliphatic carbocycles. The number of rotatable bonds is 7. The number of thiocarbonyl (C=S) groups is 1. The van der Waals surface area contributed by atoms with Crippen LogP contribution in [0.1, 0.15) is 18.1 Å². The normalized spacial score (nSPS) is 14.7. The summed E-state index contributed by atoms with van der Waals surface area (Å²) < 4.78 is 12.2. The van der Waals surface area contributed by atoms with Crippen molar-refractivity contribution in [1.82, 2.24) is 0 Å². The monoisotopic (exact) mass is 549 g/mol. The molecule has 0 atom stereocenters. The number of thioether (sulfide) groups is 1. The Morgan fingerprint density at radius 1 is 0.971 bits per heavy atom. The van der Waals surface area contributed by atoms with Gasteiger partial charge in [0.2, 0.25) is 0 Å². The van der Waals surface area contributed by atoms with Gasteiger partial charge in [0.25, 0.3) is 5.91 Å². The molecule has 1 heterocycles. The fourth-order valence-electron chi connectivity index (χ4n) is 3.24. The summed E-state index contributed by atoms with van der Waals surface area (Å²) >= 11 is 25.1. The second kappa shape index (κ2) is 11.0. The molecule has 3 aromatic rings. The average Bonchev–Trinajstić information content (AvgIpc) is 3.08. The molecule has 3 aromatic carbocycles. The second-order valence-corrected chi connectivity index (χ2v) is 10.1. The molecule has 4 nitrogen and oxygen atoms in total. The lowest BCUT2D eigenvalue weighted by Crippen LogP contribution is -2.27. The number of nitrogens with zero attached hydrogens (tertiary/aromatic N) is 1. The van der Waals surface area contributed by atoms with Gasteiger partial charge in [-0.3, -0.25) is 9.69 Å². The molecule has 0 aromatic heterocycles.